The van der Waals surface area contributed by atoms with Crippen molar-refractivity contribution in [2.75, 3.05) is 6.54 Å². The van der Waals surface area contributed by atoms with E-state index in [0.29, 0.717) is 0 Å². The number of para-hydroxylation sites is 1. The summed E-state index contributed by atoms with van der Waals surface area (Å²) in [7, 11) is 0. The van der Waals surface area contributed by atoms with Gasteiger partial charge in [-0.1, -0.05) is 11.2 Å². The monoisotopic (exact) mass is 239 g/mol. The van der Waals surface area contributed by atoms with Crippen molar-refractivity contribution in [3.05, 3.63) is 23.8 Å². The van der Waals surface area contributed by atoms with E-state index in [2.05, 4.69) is 10.5 Å². The van der Waals surface area contributed by atoms with Crippen LogP contribution < -0.4 is 11.1 Å². The number of phenols is 2. The van der Waals surface area contributed by atoms with Gasteiger partial charge in [-0.3, -0.25) is 4.79 Å². The van der Waals surface area contributed by atoms with E-state index in [9.17, 15) is 15.0 Å². The Morgan fingerprint density at radius 3 is 2.76 bits per heavy atom. The van der Waals surface area contributed by atoms with Gasteiger partial charge in [0, 0.05) is 13.0 Å². The largest absolute Gasteiger partial charge is 0.504 e. The lowest BCUT2D eigenvalue weighted by Crippen LogP contribution is -2.28. The first kappa shape index (κ1) is 12.6. The van der Waals surface area contributed by atoms with Crippen LogP contribution in [0.15, 0.2) is 23.4 Å². The third kappa shape index (κ3) is 3.26. The number of aromatic hydroxyl groups is 2. The van der Waals surface area contributed by atoms with Gasteiger partial charge in [0.15, 0.2) is 11.5 Å². The van der Waals surface area contributed by atoms with Crippen molar-refractivity contribution in [2.45, 2.75) is 6.42 Å². The van der Waals surface area contributed by atoms with Crippen molar-refractivity contribution in [2.24, 2.45) is 10.9 Å². The summed E-state index contributed by atoms with van der Waals surface area (Å²) < 4.78 is 0. The number of amides is 1. The van der Waals surface area contributed by atoms with Crippen molar-refractivity contribution in [3.8, 4) is 11.5 Å². The van der Waals surface area contributed by atoms with Gasteiger partial charge in [0.1, 0.15) is 5.84 Å². The minimum Gasteiger partial charge on any atom is -0.504 e. The molecule has 0 spiro atoms. The van der Waals surface area contributed by atoms with Gasteiger partial charge in [-0.15, -0.1) is 0 Å². The van der Waals surface area contributed by atoms with E-state index < -0.39 is 11.7 Å². The van der Waals surface area contributed by atoms with E-state index >= 15 is 0 Å². The second-order valence-electron chi connectivity index (χ2n) is 3.27. The molecule has 6 N–H and O–H groups in total. The van der Waals surface area contributed by atoms with Crippen molar-refractivity contribution >= 4 is 11.7 Å². The quantitative estimate of drug-likeness (QED) is 0.166. The number of hydrogen-bond acceptors (Lipinski definition) is 5. The van der Waals surface area contributed by atoms with Gasteiger partial charge in [0.25, 0.3) is 5.91 Å². The molecule has 92 valence electrons. The van der Waals surface area contributed by atoms with Crippen LogP contribution in [0.3, 0.4) is 0 Å². The van der Waals surface area contributed by atoms with Crippen LogP contribution in [0, 0.1) is 0 Å². The molecule has 0 aliphatic carbocycles. The fourth-order valence-corrected chi connectivity index (χ4v) is 1.16. The fraction of sp³-hybridized carbons (Fsp3) is 0.200. The average Bonchev–Trinajstić information content (AvgIpc) is 2.32. The standard InChI is InChI=1S/C10H13N3O4/c11-8(13-17)4-5-12-10(16)6-2-1-3-7(14)9(6)15/h1-3,14-15,17H,4-5H2,(H2,11,13)(H,12,16). The Morgan fingerprint density at radius 1 is 1.41 bits per heavy atom. The number of amidine groups is 1. The molecule has 7 nitrogen and oxygen atoms in total. The van der Waals surface area contributed by atoms with Crippen LogP contribution in [0.5, 0.6) is 11.5 Å². The third-order valence-corrected chi connectivity index (χ3v) is 2.05. The summed E-state index contributed by atoms with van der Waals surface area (Å²) >= 11 is 0. The number of rotatable bonds is 4. The first-order valence-electron chi connectivity index (χ1n) is 4.81. The zero-order valence-electron chi connectivity index (χ0n) is 8.92. The van der Waals surface area contributed by atoms with Gasteiger partial charge < -0.3 is 26.5 Å². The molecule has 0 saturated heterocycles. The Bertz CT molecular complexity index is 445. The molecular weight excluding hydrogens is 226 g/mol. The second-order valence-corrected chi connectivity index (χ2v) is 3.27. The Hall–Kier alpha value is -2.44. The molecule has 0 aromatic heterocycles. The van der Waals surface area contributed by atoms with E-state index in [0.717, 1.165) is 0 Å². The van der Waals surface area contributed by atoms with E-state index in [1.807, 2.05) is 0 Å². The normalized spacial score (nSPS) is 11.2. The van der Waals surface area contributed by atoms with E-state index in [1.54, 1.807) is 0 Å². The number of phenolic OH excluding ortho intramolecular Hbond substituents is 2. The molecule has 1 amide bonds. The third-order valence-electron chi connectivity index (χ3n) is 2.05. The molecule has 17 heavy (non-hydrogen) atoms. The van der Waals surface area contributed by atoms with Crippen LogP contribution >= 0.6 is 0 Å². The highest BCUT2D eigenvalue weighted by Crippen LogP contribution is 2.27. The molecule has 7 heteroatoms. The van der Waals surface area contributed by atoms with Crippen LogP contribution in [0.4, 0.5) is 0 Å². The minimum absolute atomic E-state index is 0.00886. The molecule has 1 aromatic carbocycles. The number of hydrogen-bond donors (Lipinski definition) is 5. The first-order valence-corrected chi connectivity index (χ1v) is 4.81. The van der Waals surface area contributed by atoms with Crippen LogP contribution in [0.25, 0.3) is 0 Å². The van der Waals surface area contributed by atoms with Crippen molar-refractivity contribution in [1.29, 1.82) is 0 Å². The van der Waals surface area contributed by atoms with E-state index in [4.69, 9.17) is 10.9 Å². The summed E-state index contributed by atoms with van der Waals surface area (Å²) in [5.41, 5.74) is 5.17. The Kier molecular flexibility index (Phi) is 4.15. The van der Waals surface area contributed by atoms with Crippen molar-refractivity contribution in [3.63, 3.8) is 0 Å². The van der Waals surface area contributed by atoms with Gasteiger partial charge in [-0.05, 0) is 12.1 Å². The number of nitrogens with two attached hydrogens (primary N) is 1. The predicted octanol–water partition coefficient (Wildman–Crippen LogP) is -0.0359. The average molecular weight is 239 g/mol. The minimum atomic E-state index is -0.552. The van der Waals surface area contributed by atoms with Gasteiger partial charge >= 0.3 is 0 Å². The van der Waals surface area contributed by atoms with Crippen molar-refractivity contribution in [1.82, 2.24) is 5.32 Å². The molecule has 0 atom stereocenters. The summed E-state index contributed by atoms with van der Waals surface area (Å²) in [4.78, 5) is 11.6. The summed E-state index contributed by atoms with van der Waals surface area (Å²) in [6.45, 7) is 0.157. The predicted molar refractivity (Wildman–Crippen MR) is 60.1 cm³/mol. The van der Waals surface area contributed by atoms with Gasteiger partial charge in [-0.25, -0.2) is 0 Å². The number of nitrogens with zero attached hydrogens (tertiary/aromatic N) is 1. The molecule has 1 aromatic rings. The number of nitrogens with one attached hydrogen (secondary N) is 1. The van der Waals surface area contributed by atoms with E-state index in [-0.39, 0.29) is 30.1 Å². The lowest BCUT2D eigenvalue weighted by Gasteiger charge is -2.07. The van der Waals surface area contributed by atoms with Crippen LogP contribution in [0.1, 0.15) is 16.8 Å². The summed E-state index contributed by atoms with van der Waals surface area (Å²) in [6, 6.07) is 4.07. The van der Waals surface area contributed by atoms with Crippen LogP contribution in [-0.2, 0) is 0 Å². The van der Waals surface area contributed by atoms with Gasteiger partial charge in [0.05, 0.1) is 5.56 Å². The zero-order chi connectivity index (χ0) is 12.8. The highest BCUT2D eigenvalue weighted by Gasteiger charge is 2.13. The molecule has 0 saturated carbocycles. The smallest absolute Gasteiger partial charge is 0.255 e. The molecule has 1 rings (SSSR count). The maximum atomic E-state index is 11.6. The first-order chi connectivity index (χ1) is 8.06. The van der Waals surface area contributed by atoms with Crippen molar-refractivity contribution < 1.29 is 20.2 Å². The molecular formula is C10H13N3O4. The Morgan fingerprint density at radius 2 is 2.12 bits per heavy atom. The summed E-state index contributed by atoms with van der Waals surface area (Å²) in [5.74, 6) is -1.41. The molecule has 0 aliphatic rings. The topological polar surface area (TPSA) is 128 Å². The van der Waals surface area contributed by atoms with Gasteiger partial charge in [-0.2, -0.15) is 0 Å². The van der Waals surface area contributed by atoms with Crippen LogP contribution in [0.2, 0.25) is 0 Å². The van der Waals surface area contributed by atoms with E-state index in [1.165, 1.54) is 18.2 Å². The second kappa shape index (κ2) is 5.59. The Balaban J connectivity index is 2.62. The maximum absolute atomic E-state index is 11.6. The zero-order valence-corrected chi connectivity index (χ0v) is 8.92. The molecule has 0 bridgehead atoms. The SMILES string of the molecule is N/C(CCNC(=O)c1cccc(O)c1O)=N/O. The number of benzene rings is 1. The maximum Gasteiger partial charge on any atom is 0.255 e. The lowest BCUT2D eigenvalue weighted by atomic mass is 10.1. The fourth-order valence-electron chi connectivity index (χ4n) is 1.16. The number of carbonyl (C=O) groups excluding carboxylic acids is 1. The highest BCUT2D eigenvalue weighted by molar-refractivity contribution is 5.97. The molecule has 0 aliphatic heterocycles. The summed E-state index contributed by atoms with van der Waals surface area (Å²) in [5, 5.41) is 32.1. The van der Waals surface area contributed by atoms with Crippen LogP contribution in [-0.4, -0.2) is 33.7 Å². The Labute approximate surface area is 97.2 Å². The molecule has 0 radical (unpaired) electrons. The molecule has 0 fully saturated rings. The lowest BCUT2D eigenvalue weighted by molar-refractivity contribution is 0.0951. The number of carbonyl (C=O) groups is 1. The summed E-state index contributed by atoms with van der Waals surface area (Å²) in [6.07, 6.45) is 0.182. The van der Waals surface area contributed by atoms with Gasteiger partial charge in [0.2, 0.25) is 0 Å². The number of oxime groups is 1. The highest BCUT2D eigenvalue weighted by atomic mass is 16.4. The molecule has 0 unspecified atom stereocenters. The molecule has 0 heterocycles.